The van der Waals surface area contributed by atoms with E-state index in [0.29, 0.717) is 23.9 Å². The Morgan fingerprint density at radius 3 is 2.50 bits per heavy atom. The molecule has 1 amide bonds. The van der Waals surface area contributed by atoms with Crippen LogP contribution in [0.25, 0.3) is 0 Å². The summed E-state index contributed by atoms with van der Waals surface area (Å²) in [5.41, 5.74) is 1.14. The molecule has 2 heterocycles. The van der Waals surface area contributed by atoms with Gasteiger partial charge < -0.3 is 14.4 Å². The van der Waals surface area contributed by atoms with Crippen LogP contribution in [0.15, 0.2) is 59.8 Å². The van der Waals surface area contributed by atoms with Crippen LogP contribution in [0.2, 0.25) is 0 Å². The van der Waals surface area contributed by atoms with Crippen molar-refractivity contribution in [3.8, 4) is 11.5 Å². The lowest BCUT2D eigenvalue weighted by atomic mass is 9.98. The van der Waals surface area contributed by atoms with Gasteiger partial charge in [0.15, 0.2) is 11.0 Å². The molecule has 0 N–H and O–H groups in total. The van der Waals surface area contributed by atoms with Gasteiger partial charge in [0.1, 0.15) is 18.1 Å². The lowest BCUT2D eigenvalue weighted by molar-refractivity contribution is -0.134. The van der Waals surface area contributed by atoms with Crippen molar-refractivity contribution in [3.63, 3.8) is 0 Å². The molecule has 4 rings (SSSR count). The van der Waals surface area contributed by atoms with E-state index >= 15 is 0 Å². The van der Waals surface area contributed by atoms with Crippen LogP contribution in [0.5, 0.6) is 11.5 Å². The number of aromatic nitrogens is 3. The number of rotatable bonds is 9. The summed E-state index contributed by atoms with van der Waals surface area (Å²) in [6.07, 6.45) is 3.31. The molecule has 7 nitrogen and oxygen atoms in total. The van der Waals surface area contributed by atoms with Crippen LogP contribution < -0.4 is 9.47 Å². The number of amides is 1. The highest BCUT2D eigenvalue weighted by Crippen LogP contribution is 2.26. The summed E-state index contributed by atoms with van der Waals surface area (Å²) in [7, 11) is 1.63. The normalized spacial score (nSPS) is 18.0. The van der Waals surface area contributed by atoms with Gasteiger partial charge in [-0.1, -0.05) is 48.2 Å². The highest BCUT2D eigenvalue weighted by atomic mass is 32.2. The van der Waals surface area contributed by atoms with Crippen LogP contribution in [0.1, 0.15) is 44.5 Å². The highest BCUT2D eigenvalue weighted by Gasteiger charge is 2.29. The standard InChI is InChI=1S/C26H32N4O3S/c1-19-9-7-10-20(2)30(19)25(31)18-34-26-28-27-24(29(26)16-21-11-5-4-6-12-21)17-33-23-14-8-13-22(15-23)32-3/h4-6,8,11-15,19-20H,7,9-10,16-18H2,1-3H3/t19-,20-/m0/s1. The number of methoxy groups -OCH3 is 1. The number of ether oxygens (including phenoxy) is 2. The number of carbonyl (C=O) groups is 1. The second-order valence-corrected chi connectivity index (χ2v) is 9.60. The van der Waals surface area contributed by atoms with Gasteiger partial charge in [-0.05, 0) is 50.8 Å². The molecule has 34 heavy (non-hydrogen) atoms. The molecule has 8 heteroatoms. The minimum Gasteiger partial charge on any atom is -0.497 e. The Labute approximate surface area is 205 Å². The molecule has 180 valence electrons. The summed E-state index contributed by atoms with van der Waals surface area (Å²) in [5.74, 6) is 2.65. The van der Waals surface area contributed by atoms with Gasteiger partial charge in [0.05, 0.1) is 19.4 Å². The van der Waals surface area contributed by atoms with E-state index < -0.39 is 0 Å². The van der Waals surface area contributed by atoms with Gasteiger partial charge in [0.25, 0.3) is 0 Å². The van der Waals surface area contributed by atoms with E-state index in [1.807, 2.05) is 51.9 Å². The maximum absolute atomic E-state index is 13.1. The molecule has 0 aliphatic carbocycles. The molecular formula is C26H32N4O3S. The molecule has 0 bridgehead atoms. The smallest absolute Gasteiger partial charge is 0.233 e. The summed E-state index contributed by atoms with van der Waals surface area (Å²) in [4.78, 5) is 15.1. The minimum atomic E-state index is 0.160. The van der Waals surface area contributed by atoms with Crippen molar-refractivity contribution in [2.45, 2.75) is 63.5 Å². The van der Waals surface area contributed by atoms with Crippen LogP contribution in [0, 0.1) is 0 Å². The van der Waals surface area contributed by atoms with E-state index in [1.54, 1.807) is 7.11 Å². The van der Waals surface area contributed by atoms with Gasteiger partial charge in [-0.15, -0.1) is 10.2 Å². The zero-order valence-electron chi connectivity index (χ0n) is 20.0. The lowest BCUT2D eigenvalue weighted by Gasteiger charge is -2.39. The zero-order chi connectivity index (χ0) is 23.9. The summed E-state index contributed by atoms with van der Waals surface area (Å²) >= 11 is 1.44. The maximum atomic E-state index is 13.1. The van der Waals surface area contributed by atoms with Gasteiger partial charge in [-0.25, -0.2) is 0 Å². The fraction of sp³-hybridized carbons (Fsp3) is 0.423. The molecule has 0 saturated carbocycles. The van der Waals surface area contributed by atoms with Gasteiger partial charge >= 0.3 is 0 Å². The topological polar surface area (TPSA) is 69.5 Å². The molecular weight excluding hydrogens is 448 g/mol. The average Bonchev–Trinajstić information content (AvgIpc) is 3.23. The molecule has 0 unspecified atom stereocenters. The van der Waals surface area contributed by atoms with Crippen LogP contribution in [0.4, 0.5) is 0 Å². The Kier molecular flexibility index (Phi) is 8.11. The van der Waals surface area contributed by atoms with Gasteiger partial charge in [-0.3, -0.25) is 9.36 Å². The van der Waals surface area contributed by atoms with Crippen LogP contribution in [0.3, 0.4) is 0 Å². The number of benzene rings is 2. The number of thioether (sulfide) groups is 1. The average molecular weight is 481 g/mol. The van der Waals surface area contributed by atoms with Crippen molar-refractivity contribution >= 4 is 17.7 Å². The second kappa shape index (κ2) is 11.4. The Morgan fingerprint density at radius 2 is 1.76 bits per heavy atom. The van der Waals surface area contributed by atoms with E-state index in [-0.39, 0.29) is 24.6 Å². The fourth-order valence-electron chi connectivity index (χ4n) is 4.41. The van der Waals surface area contributed by atoms with Crippen molar-refractivity contribution in [3.05, 3.63) is 66.0 Å². The number of carbonyl (C=O) groups excluding carboxylic acids is 1. The molecule has 0 radical (unpaired) electrons. The largest absolute Gasteiger partial charge is 0.497 e. The molecule has 3 aromatic rings. The predicted octanol–water partition coefficient (Wildman–Crippen LogP) is 4.80. The number of likely N-dealkylation sites (tertiary alicyclic amines) is 1. The van der Waals surface area contributed by atoms with E-state index in [2.05, 4.69) is 36.2 Å². The molecule has 1 aliphatic rings. The second-order valence-electron chi connectivity index (χ2n) is 8.66. The molecule has 2 atom stereocenters. The first-order valence-electron chi connectivity index (χ1n) is 11.7. The van der Waals surface area contributed by atoms with E-state index in [0.717, 1.165) is 29.3 Å². The number of hydrogen-bond acceptors (Lipinski definition) is 6. The highest BCUT2D eigenvalue weighted by molar-refractivity contribution is 7.99. The van der Waals surface area contributed by atoms with E-state index in [1.165, 1.54) is 18.2 Å². The van der Waals surface area contributed by atoms with E-state index in [9.17, 15) is 4.79 Å². The fourth-order valence-corrected chi connectivity index (χ4v) is 5.24. The first-order chi connectivity index (χ1) is 16.5. The van der Waals surface area contributed by atoms with Crippen molar-refractivity contribution in [1.29, 1.82) is 0 Å². The maximum Gasteiger partial charge on any atom is 0.233 e. The van der Waals surface area contributed by atoms with Gasteiger partial charge in [0.2, 0.25) is 5.91 Å². The summed E-state index contributed by atoms with van der Waals surface area (Å²) in [6.45, 7) is 5.16. The van der Waals surface area contributed by atoms with Crippen molar-refractivity contribution in [2.24, 2.45) is 0 Å². The van der Waals surface area contributed by atoms with Crippen LogP contribution >= 0.6 is 11.8 Å². The zero-order valence-corrected chi connectivity index (χ0v) is 20.8. The Hall–Kier alpha value is -3.00. The molecule has 1 fully saturated rings. The summed E-state index contributed by atoms with van der Waals surface area (Å²) in [6, 6.07) is 18.2. The number of hydrogen-bond donors (Lipinski definition) is 0. The third-order valence-electron chi connectivity index (χ3n) is 6.19. The number of nitrogens with zero attached hydrogens (tertiary/aromatic N) is 4. The Balaban J connectivity index is 1.49. The van der Waals surface area contributed by atoms with E-state index in [4.69, 9.17) is 9.47 Å². The monoisotopic (exact) mass is 480 g/mol. The SMILES string of the molecule is COc1cccc(OCc2nnc(SCC(=O)N3[C@@H](C)CCC[C@@H]3C)n2Cc2ccccc2)c1. The van der Waals surface area contributed by atoms with Crippen molar-refractivity contribution in [1.82, 2.24) is 19.7 Å². The third kappa shape index (κ3) is 5.91. The predicted molar refractivity (Wildman–Crippen MR) is 133 cm³/mol. The minimum absolute atomic E-state index is 0.160. The molecule has 1 aromatic heterocycles. The lowest BCUT2D eigenvalue weighted by Crippen LogP contribution is -2.48. The first kappa shape index (κ1) is 24.1. The molecule has 0 spiro atoms. The van der Waals surface area contributed by atoms with Crippen LogP contribution in [-0.4, -0.2) is 50.5 Å². The van der Waals surface area contributed by atoms with Gasteiger partial charge in [0, 0.05) is 18.2 Å². The van der Waals surface area contributed by atoms with Crippen LogP contribution in [-0.2, 0) is 17.9 Å². The first-order valence-corrected chi connectivity index (χ1v) is 12.7. The Bertz CT molecular complexity index is 1080. The van der Waals surface area contributed by atoms with Crippen molar-refractivity contribution < 1.29 is 14.3 Å². The summed E-state index contributed by atoms with van der Waals surface area (Å²) in [5, 5.41) is 9.54. The number of piperidine rings is 1. The Morgan fingerprint density at radius 1 is 1.03 bits per heavy atom. The quantitative estimate of drug-likeness (QED) is 0.410. The molecule has 1 aliphatic heterocycles. The van der Waals surface area contributed by atoms with Crippen molar-refractivity contribution in [2.75, 3.05) is 12.9 Å². The van der Waals surface area contributed by atoms with Gasteiger partial charge in [-0.2, -0.15) is 0 Å². The molecule has 1 saturated heterocycles. The third-order valence-corrected chi connectivity index (χ3v) is 7.14. The molecule has 2 aromatic carbocycles. The summed E-state index contributed by atoms with van der Waals surface area (Å²) < 4.78 is 13.3.